The van der Waals surface area contributed by atoms with Gasteiger partial charge in [0.05, 0.1) is 12.7 Å². The van der Waals surface area contributed by atoms with Crippen molar-refractivity contribution in [2.24, 2.45) is 0 Å². The molecule has 0 amide bonds. The van der Waals surface area contributed by atoms with Crippen LogP contribution in [0.4, 0.5) is 5.69 Å². The summed E-state index contributed by atoms with van der Waals surface area (Å²) in [5, 5.41) is 0. The van der Waals surface area contributed by atoms with Gasteiger partial charge in [-0.2, -0.15) is 0 Å². The number of methoxy groups -OCH3 is 1. The molecule has 0 radical (unpaired) electrons. The summed E-state index contributed by atoms with van der Waals surface area (Å²) in [6.45, 7) is 6.03. The highest BCUT2D eigenvalue weighted by Gasteiger charge is 2.09. The number of hydrogen-bond donors (Lipinski definition) is 0. The van der Waals surface area contributed by atoms with Crippen LogP contribution in [0.15, 0.2) is 48.5 Å². The quantitative estimate of drug-likeness (QED) is 0.782. The first-order valence-electron chi connectivity index (χ1n) is 7.13. The fourth-order valence-electron chi connectivity index (χ4n) is 2.37. The van der Waals surface area contributed by atoms with E-state index in [1.165, 1.54) is 23.9 Å². The van der Waals surface area contributed by atoms with Crippen LogP contribution < -0.4 is 4.90 Å². The van der Waals surface area contributed by atoms with Gasteiger partial charge in [0.2, 0.25) is 0 Å². The number of carbonyl (C=O) groups excluding carboxylic acids is 1. The number of rotatable bonds is 5. The first-order chi connectivity index (χ1) is 10.2. The van der Waals surface area contributed by atoms with Crippen molar-refractivity contribution >= 4 is 11.7 Å². The summed E-state index contributed by atoms with van der Waals surface area (Å²) < 4.78 is 4.71. The number of para-hydroxylation sites is 1. The molecule has 2 rings (SSSR count). The van der Waals surface area contributed by atoms with Gasteiger partial charge in [-0.25, -0.2) is 4.79 Å². The molecule has 110 valence electrons. The third-order valence-electron chi connectivity index (χ3n) is 3.59. The Labute approximate surface area is 126 Å². The molecule has 0 N–H and O–H groups in total. The molecule has 0 bridgehead atoms. The monoisotopic (exact) mass is 283 g/mol. The Bertz CT molecular complexity index is 605. The van der Waals surface area contributed by atoms with Gasteiger partial charge in [0.15, 0.2) is 0 Å². The van der Waals surface area contributed by atoms with Crippen LogP contribution in [0, 0.1) is 6.92 Å². The fourth-order valence-corrected chi connectivity index (χ4v) is 2.37. The van der Waals surface area contributed by atoms with Crippen LogP contribution in [0.5, 0.6) is 0 Å². The molecule has 0 aliphatic rings. The zero-order valence-electron chi connectivity index (χ0n) is 12.8. The maximum atomic E-state index is 11.4. The largest absolute Gasteiger partial charge is 0.465 e. The first kappa shape index (κ1) is 15.1. The lowest BCUT2D eigenvalue weighted by atomic mass is 10.1. The number of esters is 1. The van der Waals surface area contributed by atoms with Crippen molar-refractivity contribution in [3.8, 4) is 0 Å². The molecule has 0 atom stereocenters. The van der Waals surface area contributed by atoms with E-state index in [-0.39, 0.29) is 5.97 Å². The van der Waals surface area contributed by atoms with Gasteiger partial charge in [-0.1, -0.05) is 30.3 Å². The molecule has 0 saturated heterocycles. The van der Waals surface area contributed by atoms with Crippen LogP contribution >= 0.6 is 0 Å². The highest BCUT2D eigenvalue weighted by atomic mass is 16.5. The average molecular weight is 283 g/mol. The molecule has 0 aliphatic heterocycles. The molecule has 21 heavy (non-hydrogen) atoms. The van der Waals surface area contributed by atoms with Gasteiger partial charge >= 0.3 is 5.97 Å². The SMILES string of the molecule is CCN(Cc1ccc(C(=O)OC)cc1)c1ccccc1C. The van der Waals surface area contributed by atoms with Gasteiger partial charge in [-0.15, -0.1) is 0 Å². The van der Waals surface area contributed by atoms with Gasteiger partial charge in [0.25, 0.3) is 0 Å². The van der Waals surface area contributed by atoms with Crippen molar-refractivity contribution in [1.82, 2.24) is 0 Å². The predicted molar refractivity (Wildman–Crippen MR) is 85.7 cm³/mol. The molecule has 0 aromatic heterocycles. The highest BCUT2D eigenvalue weighted by Crippen LogP contribution is 2.21. The van der Waals surface area contributed by atoms with Crippen molar-refractivity contribution < 1.29 is 9.53 Å². The number of benzene rings is 2. The fraction of sp³-hybridized carbons (Fsp3) is 0.278. The molecular weight excluding hydrogens is 262 g/mol. The summed E-state index contributed by atoms with van der Waals surface area (Å²) in [6.07, 6.45) is 0. The lowest BCUT2D eigenvalue weighted by molar-refractivity contribution is 0.0600. The average Bonchev–Trinajstić information content (AvgIpc) is 2.53. The second kappa shape index (κ2) is 6.93. The van der Waals surface area contributed by atoms with E-state index < -0.39 is 0 Å². The number of carbonyl (C=O) groups is 1. The number of aryl methyl sites for hydroxylation is 1. The summed E-state index contributed by atoms with van der Waals surface area (Å²) in [6, 6.07) is 16.0. The maximum Gasteiger partial charge on any atom is 0.337 e. The van der Waals surface area contributed by atoms with Crippen LogP contribution in [0.2, 0.25) is 0 Å². The predicted octanol–water partition coefficient (Wildman–Crippen LogP) is 3.81. The Hall–Kier alpha value is -2.29. The van der Waals surface area contributed by atoms with Gasteiger partial charge in [-0.05, 0) is 43.2 Å². The molecule has 0 saturated carbocycles. The summed E-state index contributed by atoms with van der Waals surface area (Å²) >= 11 is 0. The Kier molecular flexibility index (Phi) is 4.99. The smallest absolute Gasteiger partial charge is 0.337 e. The van der Waals surface area contributed by atoms with Crippen molar-refractivity contribution in [3.05, 3.63) is 65.2 Å². The van der Waals surface area contributed by atoms with E-state index in [0.717, 1.165) is 13.1 Å². The second-order valence-corrected chi connectivity index (χ2v) is 4.99. The topological polar surface area (TPSA) is 29.5 Å². The number of anilines is 1. The normalized spacial score (nSPS) is 10.2. The van der Waals surface area contributed by atoms with Crippen molar-refractivity contribution in [2.75, 3.05) is 18.6 Å². The molecule has 3 heteroatoms. The van der Waals surface area contributed by atoms with Crippen LogP contribution in [0.25, 0.3) is 0 Å². The number of hydrogen-bond acceptors (Lipinski definition) is 3. The lowest BCUT2D eigenvalue weighted by Crippen LogP contribution is -2.22. The van der Waals surface area contributed by atoms with Gasteiger partial charge < -0.3 is 9.64 Å². The first-order valence-corrected chi connectivity index (χ1v) is 7.13. The van der Waals surface area contributed by atoms with E-state index in [1.54, 1.807) is 0 Å². The Morgan fingerprint density at radius 2 is 1.76 bits per heavy atom. The van der Waals surface area contributed by atoms with Gasteiger partial charge in [0, 0.05) is 18.8 Å². The molecule has 0 unspecified atom stereocenters. The van der Waals surface area contributed by atoms with E-state index in [2.05, 4.69) is 43.0 Å². The van der Waals surface area contributed by atoms with Gasteiger partial charge in [0.1, 0.15) is 0 Å². The van der Waals surface area contributed by atoms with Crippen LogP contribution in [0.1, 0.15) is 28.4 Å². The summed E-state index contributed by atoms with van der Waals surface area (Å²) in [5.74, 6) is -0.298. The molecule has 0 aliphatic carbocycles. The van der Waals surface area contributed by atoms with E-state index in [0.29, 0.717) is 5.56 Å². The summed E-state index contributed by atoms with van der Waals surface area (Å²) in [7, 11) is 1.40. The molecule has 0 fully saturated rings. The zero-order valence-corrected chi connectivity index (χ0v) is 12.8. The Balaban J connectivity index is 2.16. The standard InChI is InChI=1S/C18H21NO2/c1-4-19(17-8-6-5-7-14(17)2)13-15-9-11-16(12-10-15)18(20)21-3/h5-12H,4,13H2,1-3H3. The molecule has 2 aromatic carbocycles. The van der Waals surface area contributed by atoms with Crippen molar-refractivity contribution in [1.29, 1.82) is 0 Å². The third-order valence-corrected chi connectivity index (χ3v) is 3.59. The molecule has 2 aromatic rings. The van der Waals surface area contributed by atoms with Crippen molar-refractivity contribution in [2.45, 2.75) is 20.4 Å². The maximum absolute atomic E-state index is 11.4. The van der Waals surface area contributed by atoms with Gasteiger partial charge in [-0.3, -0.25) is 0 Å². The molecule has 0 heterocycles. The molecule has 0 spiro atoms. The van der Waals surface area contributed by atoms with Crippen LogP contribution in [0.3, 0.4) is 0 Å². The number of nitrogens with zero attached hydrogens (tertiary/aromatic N) is 1. The van der Waals surface area contributed by atoms with Crippen LogP contribution in [-0.2, 0) is 11.3 Å². The highest BCUT2D eigenvalue weighted by molar-refractivity contribution is 5.89. The third kappa shape index (κ3) is 3.63. The van der Waals surface area contributed by atoms with Crippen molar-refractivity contribution in [3.63, 3.8) is 0 Å². The van der Waals surface area contributed by atoms with E-state index in [4.69, 9.17) is 4.74 Å². The minimum Gasteiger partial charge on any atom is -0.465 e. The Morgan fingerprint density at radius 3 is 2.33 bits per heavy atom. The minimum absolute atomic E-state index is 0.298. The zero-order chi connectivity index (χ0) is 15.2. The number of ether oxygens (including phenoxy) is 1. The Morgan fingerprint density at radius 1 is 1.10 bits per heavy atom. The summed E-state index contributed by atoms with van der Waals surface area (Å²) in [4.78, 5) is 13.8. The molecular formula is C18H21NO2. The summed E-state index contributed by atoms with van der Waals surface area (Å²) in [5.41, 5.74) is 4.27. The van der Waals surface area contributed by atoms with Crippen LogP contribution in [-0.4, -0.2) is 19.6 Å². The molecule has 3 nitrogen and oxygen atoms in total. The van der Waals surface area contributed by atoms with E-state index in [9.17, 15) is 4.79 Å². The van der Waals surface area contributed by atoms with E-state index >= 15 is 0 Å². The van der Waals surface area contributed by atoms with E-state index in [1.807, 2.05) is 24.3 Å². The lowest BCUT2D eigenvalue weighted by Gasteiger charge is -2.25. The minimum atomic E-state index is -0.298. The second-order valence-electron chi connectivity index (χ2n) is 4.99.